The Balaban J connectivity index is 0.000000117. The van der Waals surface area contributed by atoms with Gasteiger partial charge in [0.25, 0.3) is 0 Å². The molecule has 0 unspecified atom stereocenters. The fourth-order valence-corrected chi connectivity index (χ4v) is 20.7. The summed E-state index contributed by atoms with van der Waals surface area (Å²) in [5.74, 6) is 0. The van der Waals surface area contributed by atoms with Crippen molar-refractivity contribution < 1.29 is 0 Å². The van der Waals surface area contributed by atoms with Crippen molar-refractivity contribution in [3.63, 3.8) is 0 Å². The maximum absolute atomic E-state index is 2.39. The smallest absolute Gasteiger partial charge is 0.0547 e. The molecular formula is C138H99N7. The van der Waals surface area contributed by atoms with Crippen LogP contribution >= 0.6 is 0 Å². The van der Waals surface area contributed by atoms with Gasteiger partial charge >= 0.3 is 0 Å². The Morgan fingerprint density at radius 2 is 0.297 bits per heavy atom. The summed E-state index contributed by atoms with van der Waals surface area (Å²) in [6.07, 6.45) is 0. The molecule has 0 N–H and O–H groups in total. The first kappa shape index (κ1) is 88.4. The highest BCUT2D eigenvalue weighted by molar-refractivity contribution is 6.12. The first-order valence-electron chi connectivity index (χ1n) is 49.5. The van der Waals surface area contributed by atoms with Gasteiger partial charge in [-0.15, -0.1) is 0 Å². The van der Waals surface area contributed by atoms with E-state index in [1.54, 1.807) is 0 Å². The van der Waals surface area contributed by atoms with Gasteiger partial charge in [0.15, 0.2) is 0 Å². The molecule has 23 aromatic carbocycles. The first-order chi connectivity index (χ1) is 71.9. The predicted octanol–water partition coefficient (Wildman–Crippen LogP) is 38.2. The Labute approximate surface area is 845 Å². The maximum Gasteiger partial charge on any atom is 0.0547 e. The highest BCUT2D eigenvalue weighted by Crippen LogP contribution is 2.47. The quantitative estimate of drug-likeness (QED) is 0.0717. The van der Waals surface area contributed by atoms with Gasteiger partial charge in [-0.3, -0.25) is 0 Å². The summed E-state index contributed by atoms with van der Waals surface area (Å²) in [6.45, 7) is 0. The number of nitrogens with zero attached hydrogens (tertiary/aromatic N) is 7. The molecule has 0 radical (unpaired) electrons. The van der Waals surface area contributed by atoms with Gasteiger partial charge in [0.2, 0.25) is 0 Å². The molecule has 0 saturated heterocycles. The molecule has 7 heteroatoms. The molecule has 3 heterocycles. The van der Waals surface area contributed by atoms with E-state index in [0.717, 1.165) is 96.4 Å². The molecule has 26 rings (SSSR count). The second-order valence-corrected chi connectivity index (χ2v) is 36.4. The topological polar surface area (TPSA) is 27.8 Å². The van der Waals surface area contributed by atoms with Crippen LogP contribution in [0.5, 0.6) is 0 Å². The Morgan fingerprint density at radius 1 is 0.0966 bits per heavy atom. The van der Waals surface area contributed by atoms with Gasteiger partial charge in [0.05, 0.1) is 33.1 Å². The average molecular weight is 1860 g/mol. The van der Waals surface area contributed by atoms with E-state index in [1.807, 2.05) is 0 Å². The lowest BCUT2D eigenvalue weighted by molar-refractivity contribution is 1.18. The molecule has 0 bridgehead atoms. The summed E-state index contributed by atoms with van der Waals surface area (Å²) in [5, 5.41) is 7.59. The minimum absolute atomic E-state index is 1.07. The molecule has 7 nitrogen and oxygen atoms in total. The van der Waals surface area contributed by atoms with E-state index >= 15 is 0 Å². The van der Waals surface area contributed by atoms with Crippen LogP contribution < -0.4 is 19.6 Å². The van der Waals surface area contributed by atoms with E-state index in [9.17, 15) is 0 Å². The highest BCUT2D eigenvalue weighted by atomic mass is 15.2. The van der Waals surface area contributed by atoms with E-state index in [4.69, 9.17) is 0 Å². The second-order valence-electron chi connectivity index (χ2n) is 36.4. The van der Waals surface area contributed by atoms with Crippen molar-refractivity contribution >= 4 is 134 Å². The van der Waals surface area contributed by atoms with Crippen molar-refractivity contribution in [3.05, 3.63) is 601 Å². The van der Waals surface area contributed by atoms with Crippen LogP contribution in [0.1, 0.15) is 0 Å². The largest absolute Gasteiger partial charge is 0.311 e. The van der Waals surface area contributed by atoms with Gasteiger partial charge in [-0.2, -0.15) is 0 Å². The number of benzene rings is 23. The van der Waals surface area contributed by atoms with E-state index in [-0.39, 0.29) is 0 Å². The SMILES string of the molecule is c1ccc(-c2ccc(N(c3ccccc3)c3ccc(-c4ccc(-n5c6ccccc6c6ccc(-c7ccccc7)cc65)cc4)cc3)cc2)cc1.c1ccc(-c2ccc(N(c3ccccc3)c3cccc(-c4cccc(-n5c6ccccc6c6ccccc65)c4)c3)cc2)cc1.c1ccc(N(c2ccccc2)c2cc(-c3ccc(-n4c5ccccc5c5ccccc54)cc3)cc(N(c3ccccc3)c3ccccc3)c2)cc1. The molecule has 0 atom stereocenters. The normalized spacial score (nSPS) is 11.2. The lowest BCUT2D eigenvalue weighted by Crippen LogP contribution is -2.13. The van der Waals surface area contributed by atoms with Gasteiger partial charge in [-0.25, -0.2) is 0 Å². The standard InChI is InChI=1S/C48H35N3.C48H34N2.C42H30N2/c1-5-17-38(18-6-1)49(39-19-7-2-8-20-39)43-33-37(34-44(35-43)50(40-21-9-3-10-22-40)41-23-11-4-12-24-41)36-29-31-42(32-30-36)51-47-27-15-13-25-45(47)46-26-14-16-28-48(46)51;1-4-12-35(13-5-1)37-20-27-42(28-21-37)49(41-16-8-3-9-17-41)43-29-22-38(23-30-43)39-24-31-44(32-25-39)50-47-19-11-10-18-45(47)46-33-26-40(34-48(46)50)36-14-6-2-7-15-36;1-3-13-31(14-4-1)32-25-27-36(28-26-32)43(35-17-5-2-6-18-35)37-19-11-15-33(29-37)34-16-12-20-38(30-34)44-41-23-9-7-21-39(41)40-22-8-10-24-42(40)44/h1-35H;1-34H;1-30H. The third-order valence-corrected chi connectivity index (χ3v) is 27.5. The number of fused-ring (bicyclic) bond motifs is 9. The molecule has 0 aliphatic rings. The second kappa shape index (κ2) is 40.2. The van der Waals surface area contributed by atoms with E-state index in [1.165, 1.54) is 121 Å². The molecule has 686 valence electrons. The van der Waals surface area contributed by atoms with Crippen molar-refractivity contribution in [2.45, 2.75) is 0 Å². The van der Waals surface area contributed by atoms with Crippen molar-refractivity contribution in [2.24, 2.45) is 0 Å². The summed E-state index contributed by atoms with van der Waals surface area (Å²) in [5.41, 5.74) is 38.2. The molecule has 0 spiro atoms. The van der Waals surface area contributed by atoms with Gasteiger partial charge in [-0.05, 0) is 279 Å². The summed E-state index contributed by atoms with van der Waals surface area (Å²) < 4.78 is 7.14. The van der Waals surface area contributed by atoms with E-state index < -0.39 is 0 Å². The van der Waals surface area contributed by atoms with Crippen LogP contribution in [0.15, 0.2) is 601 Å². The molecule has 0 aliphatic carbocycles. The number of para-hydroxylation sites is 11. The van der Waals surface area contributed by atoms with Crippen LogP contribution in [-0.2, 0) is 0 Å². The molecule has 3 aromatic heterocycles. The third kappa shape index (κ3) is 18.0. The monoisotopic (exact) mass is 1850 g/mol. The van der Waals surface area contributed by atoms with E-state index in [2.05, 4.69) is 634 Å². The minimum Gasteiger partial charge on any atom is -0.311 e. The van der Waals surface area contributed by atoms with Crippen molar-refractivity contribution in [3.8, 4) is 83.8 Å². The van der Waals surface area contributed by atoms with Crippen LogP contribution in [0.2, 0.25) is 0 Å². The lowest BCUT2D eigenvalue weighted by atomic mass is 10.0. The van der Waals surface area contributed by atoms with E-state index in [0.29, 0.717) is 0 Å². The van der Waals surface area contributed by atoms with Crippen molar-refractivity contribution in [1.82, 2.24) is 13.7 Å². The fraction of sp³-hybridized carbons (Fsp3) is 0. The Hall–Kier alpha value is -19.3. The van der Waals surface area contributed by atoms with Gasteiger partial charge in [0, 0.05) is 118 Å². The molecule has 0 aliphatic heterocycles. The van der Waals surface area contributed by atoms with Gasteiger partial charge < -0.3 is 33.3 Å². The average Bonchev–Trinajstić information content (AvgIpc) is 1.58. The van der Waals surface area contributed by atoms with Gasteiger partial charge in [0.1, 0.15) is 0 Å². The molecule has 26 aromatic rings. The maximum atomic E-state index is 2.39. The van der Waals surface area contributed by atoms with Crippen LogP contribution in [0.3, 0.4) is 0 Å². The third-order valence-electron chi connectivity index (χ3n) is 27.5. The zero-order chi connectivity index (χ0) is 96.6. The highest BCUT2D eigenvalue weighted by Gasteiger charge is 2.24. The Bertz CT molecular complexity index is 8690. The summed E-state index contributed by atoms with van der Waals surface area (Å²) in [6, 6.07) is 215. The van der Waals surface area contributed by atoms with Crippen molar-refractivity contribution in [1.29, 1.82) is 0 Å². The molecule has 0 amide bonds. The van der Waals surface area contributed by atoms with Gasteiger partial charge in [-0.1, -0.05) is 388 Å². The zero-order valence-electron chi connectivity index (χ0n) is 79.8. The van der Waals surface area contributed by atoms with Crippen molar-refractivity contribution in [2.75, 3.05) is 19.6 Å². The number of rotatable bonds is 21. The van der Waals surface area contributed by atoms with Crippen LogP contribution in [0.4, 0.5) is 68.2 Å². The number of hydrogen-bond donors (Lipinski definition) is 0. The zero-order valence-corrected chi connectivity index (χ0v) is 79.8. The Kier molecular flexibility index (Phi) is 24.5. The lowest BCUT2D eigenvalue weighted by Gasteiger charge is -2.30. The predicted molar refractivity (Wildman–Crippen MR) is 614 cm³/mol. The van der Waals surface area contributed by atoms with Crippen LogP contribution in [0, 0.1) is 0 Å². The molecular weight excluding hydrogens is 1760 g/mol. The summed E-state index contributed by atoms with van der Waals surface area (Å²) in [4.78, 5) is 9.32. The van der Waals surface area contributed by atoms with Crippen LogP contribution in [-0.4, -0.2) is 13.7 Å². The van der Waals surface area contributed by atoms with Crippen LogP contribution in [0.25, 0.3) is 149 Å². The first-order valence-corrected chi connectivity index (χ1v) is 49.5. The summed E-state index contributed by atoms with van der Waals surface area (Å²) >= 11 is 0. The molecule has 0 saturated carbocycles. The summed E-state index contributed by atoms with van der Waals surface area (Å²) in [7, 11) is 0. The minimum atomic E-state index is 1.07. The Morgan fingerprint density at radius 3 is 0.634 bits per heavy atom. The number of aromatic nitrogens is 3. The molecule has 145 heavy (non-hydrogen) atoms. The fourth-order valence-electron chi connectivity index (χ4n) is 20.7. The number of hydrogen-bond acceptors (Lipinski definition) is 4. The molecule has 0 fully saturated rings. The number of anilines is 12.